The molecule has 0 spiro atoms. The van der Waals surface area contributed by atoms with E-state index in [0.717, 1.165) is 17.9 Å². The number of carbonyl (C=O) groups excluding carboxylic acids is 1. The van der Waals surface area contributed by atoms with E-state index in [4.69, 9.17) is 10.9 Å². The first-order chi connectivity index (χ1) is 9.13. The van der Waals surface area contributed by atoms with Crippen molar-refractivity contribution in [3.63, 3.8) is 0 Å². The summed E-state index contributed by atoms with van der Waals surface area (Å²) in [6.07, 6.45) is 0.810. The van der Waals surface area contributed by atoms with Crippen molar-refractivity contribution in [3.8, 4) is 0 Å². The van der Waals surface area contributed by atoms with Crippen LogP contribution in [0.1, 0.15) is 12.0 Å². The molecule has 5 nitrogen and oxygen atoms in total. The second-order valence-corrected chi connectivity index (χ2v) is 5.35. The SMILES string of the molecule is NC(=NO)c1c(F)cccc1NC(=O)C1CCSC1. The van der Waals surface area contributed by atoms with E-state index in [9.17, 15) is 9.18 Å². The Kier molecular flexibility index (Phi) is 4.26. The first kappa shape index (κ1) is 13.7. The molecule has 7 heteroatoms. The van der Waals surface area contributed by atoms with E-state index in [1.54, 1.807) is 11.8 Å². The molecule has 1 aromatic rings. The van der Waals surface area contributed by atoms with Gasteiger partial charge in [0.05, 0.1) is 11.3 Å². The van der Waals surface area contributed by atoms with Crippen LogP contribution in [-0.4, -0.2) is 28.5 Å². The van der Waals surface area contributed by atoms with Crippen LogP contribution in [0.15, 0.2) is 23.4 Å². The fraction of sp³-hybridized carbons (Fsp3) is 0.333. The molecule has 1 aliphatic heterocycles. The maximum absolute atomic E-state index is 13.7. The number of oxime groups is 1. The molecule has 19 heavy (non-hydrogen) atoms. The molecule has 0 radical (unpaired) electrons. The first-order valence-corrected chi connectivity index (χ1v) is 6.94. The number of nitrogens with zero attached hydrogens (tertiary/aromatic N) is 1. The average molecular weight is 283 g/mol. The number of anilines is 1. The molecule has 1 unspecified atom stereocenters. The Morgan fingerprint density at radius 3 is 3.00 bits per heavy atom. The molecule has 0 saturated carbocycles. The summed E-state index contributed by atoms with van der Waals surface area (Å²) in [6, 6.07) is 4.17. The molecule has 102 valence electrons. The minimum Gasteiger partial charge on any atom is -0.409 e. The van der Waals surface area contributed by atoms with Crippen LogP contribution in [0, 0.1) is 11.7 Å². The highest BCUT2D eigenvalue weighted by atomic mass is 32.2. The van der Waals surface area contributed by atoms with Crippen LogP contribution in [0.5, 0.6) is 0 Å². The molecule has 1 amide bonds. The molecule has 1 atom stereocenters. The molecule has 1 heterocycles. The highest BCUT2D eigenvalue weighted by Crippen LogP contribution is 2.26. The monoisotopic (exact) mass is 283 g/mol. The zero-order valence-corrected chi connectivity index (χ0v) is 10.9. The van der Waals surface area contributed by atoms with E-state index < -0.39 is 5.82 Å². The van der Waals surface area contributed by atoms with E-state index >= 15 is 0 Å². The molecule has 1 saturated heterocycles. The zero-order chi connectivity index (χ0) is 13.8. The highest BCUT2D eigenvalue weighted by molar-refractivity contribution is 7.99. The second-order valence-electron chi connectivity index (χ2n) is 4.20. The number of nitrogens with one attached hydrogen (secondary N) is 1. The number of halogens is 1. The van der Waals surface area contributed by atoms with E-state index in [1.807, 2.05) is 0 Å². The third kappa shape index (κ3) is 2.98. The maximum atomic E-state index is 13.7. The second kappa shape index (κ2) is 5.92. The largest absolute Gasteiger partial charge is 0.409 e. The van der Waals surface area contributed by atoms with Crippen molar-refractivity contribution in [2.75, 3.05) is 16.8 Å². The predicted octanol–water partition coefficient (Wildman–Crippen LogP) is 1.61. The molecule has 0 aliphatic carbocycles. The molecular formula is C12H14FN3O2S. The van der Waals surface area contributed by atoms with Gasteiger partial charge in [0.1, 0.15) is 5.82 Å². The molecule has 1 aromatic carbocycles. The summed E-state index contributed by atoms with van der Waals surface area (Å²) in [5, 5.41) is 14.1. The Bertz CT molecular complexity index is 516. The van der Waals surface area contributed by atoms with Gasteiger partial charge in [0.15, 0.2) is 5.84 Å². The van der Waals surface area contributed by atoms with Crippen molar-refractivity contribution in [1.29, 1.82) is 0 Å². The first-order valence-electron chi connectivity index (χ1n) is 5.78. The number of rotatable bonds is 3. The molecule has 4 N–H and O–H groups in total. The van der Waals surface area contributed by atoms with Crippen LogP contribution in [0.2, 0.25) is 0 Å². The molecule has 0 bridgehead atoms. The Labute approximate surface area is 114 Å². The van der Waals surface area contributed by atoms with Crippen molar-refractivity contribution >= 4 is 29.2 Å². The Morgan fingerprint density at radius 2 is 2.37 bits per heavy atom. The van der Waals surface area contributed by atoms with Gasteiger partial charge in [0, 0.05) is 11.7 Å². The van der Waals surface area contributed by atoms with E-state index in [2.05, 4.69) is 10.5 Å². The van der Waals surface area contributed by atoms with Gasteiger partial charge in [-0.05, 0) is 24.3 Å². The molecular weight excluding hydrogens is 269 g/mol. The van der Waals surface area contributed by atoms with E-state index in [1.165, 1.54) is 18.2 Å². The fourth-order valence-electron chi connectivity index (χ4n) is 1.91. The summed E-state index contributed by atoms with van der Waals surface area (Å²) in [6.45, 7) is 0. The van der Waals surface area contributed by atoms with Crippen molar-refractivity contribution in [2.24, 2.45) is 16.8 Å². The number of nitrogens with two attached hydrogens (primary N) is 1. The maximum Gasteiger partial charge on any atom is 0.228 e. The van der Waals surface area contributed by atoms with Crippen molar-refractivity contribution < 1.29 is 14.4 Å². The van der Waals surface area contributed by atoms with Gasteiger partial charge >= 0.3 is 0 Å². The third-order valence-electron chi connectivity index (χ3n) is 2.94. The van der Waals surface area contributed by atoms with Crippen molar-refractivity contribution in [1.82, 2.24) is 0 Å². The minimum absolute atomic E-state index is 0.0755. The summed E-state index contributed by atoms with van der Waals surface area (Å²) in [5.74, 6) is 0.466. The molecule has 2 rings (SSSR count). The van der Waals surface area contributed by atoms with Gasteiger partial charge < -0.3 is 16.3 Å². The number of carbonyl (C=O) groups is 1. The van der Waals surface area contributed by atoms with Gasteiger partial charge in [0.25, 0.3) is 0 Å². The smallest absolute Gasteiger partial charge is 0.228 e. The van der Waals surface area contributed by atoms with Crippen LogP contribution in [0.4, 0.5) is 10.1 Å². The molecule has 1 aliphatic rings. The number of thioether (sulfide) groups is 1. The lowest BCUT2D eigenvalue weighted by Crippen LogP contribution is -2.25. The predicted molar refractivity (Wildman–Crippen MR) is 73.0 cm³/mol. The lowest BCUT2D eigenvalue weighted by molar-refractivity contribution is -0.119. The van der Waals surface area contributed by atoms with E-state index in [-0.39, 0.29) is 28.9 Å². The summed E-state index contributed by atoms with van der Waals surface area (Å²) < 4.78 is 13.7. The van der Waals surface area contributed by atoms with E-state index in [0.29, 0.717) is 0 Å². The van der Waals surface area contributed by atoms with Crippen LogP contribution in [0.25, 0.3) is 0 Å². The summed E-state index contributed by atoms with van der Waals surface area (Å²) in [7, 11) is 0. The minimum atomic E-state index is -0.645. The molecule has 1 fully saturated rings. The Hall–Kier alpha value is -1.76. The lowest BCUT2D eigenvalue weighted by Gasteiger charge is -2.13. The third-order valence-corrected chi connectivity index (χ3v) is 4.10. The summed E-state index contributed by atoms with van der Waals surface area (Å²) >= 11 is 1.72. The fourth-order valence-corrected chi connectivity index (χ4v) is 3.14. The Morgan fingerprint density at radius 1 is 1.58 bits per heavy atom. The van der Waals surface area contributed by atoms with Gasteiger partial charge in [-0.25, -0.2) is 4.39 Å². The topological polar surface area (TPSA) is 87.7 Å². The summed E-state index contributed by atoms with van der Waals surface area (Å²) in [5.41, 5.74) is 5.56. The number of amides is 1. The molecule has 0 aromatic heterocycles. The Balaban J connectivity index is 2.24. The number of benzene rings is 1. The lowest BCUT2D eigenvalue weighted by atomic mass is 10.1. The van der Waals surface area contributed by atoms with Crippen LogP contribution in [-0.2, 0) is 4.79 Å². The quantitative estimate of drug-likeness (QED) is 0.340. The van der Waals surface area contributed by atoms with Gasteiger partial charge in [-0.1, -0.05) is 11.2 Å². The van der Waals surface area contributed by atoms with Crippen LogP contribution < -0.4 is 11.1 Å². The number of hydrogen-bond acceptors (Lipinski definition) is 4. The summed E-state index contributed by atoms with van der Waals surface area (Å²) in [4.78, 5) is 12.0. The van der Waals surface area contributed by atoms with Gasteiger partial charge in [0.2, 0.25) is 5.91 Å². The van der Waals surface area contributed by atoms with Crippen LogP contribution in [0.3, 0.4) is 0 Å². The number of amidine groups is 1. The average Bonchev–Trinajstić information content (AvgIpc) is 2.92. The highest BCUT2D eigenvalue weighted by Gasteiger charge is 2.24. The van der Waals surface area contributed by atoms with Crippen LogP contribution >= 0.6 is 11.8 Å². The van der Waals surface area contributed by atoms with Crippen molar-refractivity contribution in [2.45, 2.75) is 6.42 Å². The standard InChI is InChI=1S/C12H14FN3O2S/c13-8-2-1-3-9(10(8)11(14)16-18)15-12(17)7-4-5-19-6-7/h1-3,7,18H,4-6H2,(H2,14,16)(H,15,17). The van der Waals surface area contributed by atoms with Gasteiger partial charge in [-0.15, -0.1) is 0 Å². The number of hydrogen-bond donors (Lipinski definition) is 3. The van der Waals surface area contributed by atoms with Gasteiger partial charge in [-0.2, -0.15) is 11.8 Å². The van der Waals surface area contributed by atoms with Crippen molar-refractivity contribution in [3.05, 3.63) is 29.6 Å². The zero-order valence-electron chi connectivity index (χ0n) is 10.1. The van der Waals surface area contributed by atoms with Gasteiger partial charge in [-0.3, -0.25) is 4.79 Å². The normalized spacial score (nSPS) is 19.4.